The number of aromatic nitrogens is 2. The summed E-state index contributed by atoms with van der Waals surface area (Å²) in [6.45, 7) is 3.90. The Bertz CT molecular complexity index is 589. The van der Waals surface area contributed by atoms with E-state index in [1.165, 1.54) is 41.4 Å². The molecule has 0 N–H and O–H groups in total. The van der Waals surface area contributed by atoms with Crippen LogP contribution in [-0.2, 0) is 7.05 Å². The summed E-state index contributed by atoms with van der Waals surface area (Å²) in [7, 11) is 1.57. The van der Waals surface area contributed by atoms with Gasteiger partial charge in [-0.2, -0.15) is 16.9 Å². The minimum absolute atomic E-state index is 0.0664. The maximum absolute atomic E-state index is 12.5. The van der Waals surface area contributed by atoms with E-state index in [1.807, 2.05) is 16.7 Å². The second kappa shape index (κ2) is 6.83. The highest BCUT2D eigenvalue weighted by atomic mass is 32.2. The molecule has 1 aromatic rings. The Morgan fingerprint density at radius 3 is 2.50 bits per heavy atom. The number of likely N-dealkylation sites (tertiary alicyclic amines) is 1. The zero-order valence-corrected chi connectivity index (χ0v) is 13.7. The minimum Gasteiger partial charge on any atom is -0.337 e. The average Bonchev–Trinajstić information content (AvgIpc) is 2.58. The molecule has 22 heavy (non-hydrogen) atoms. The lowest BCUT2D eigenvalue weighted by molar-refractivity contribution is 0.0623. The molecule has 0 unspecified atom stereocenters. The number of thioether (sulfide) groups is 1. The van der Waals surface area contributed by atoms with Crippen molar-refractivity contribution in [3.8, 4) is 0 Å². The van der Waals surface area contributed by atoms with E-state index in [-0.39, 0.29) is 11.5 Å². The van der Waals surface area contributed by atoms with Crippen molar-refractivity contribution in [2.45, 2.75) is 18.9 Å². The van der Waals surface area contributed by atoms with Crippen LogP contribution in [0.4, 0.5) is 0 Å². The van der Waals surface area contributed by atoms with E-state index in [2.05, 4.69) is 10.00 Å². The summed E-state index contributed by atoms with van der Waals surface area (Å²) < 4.78 is 1.21. The average molecular weight is 322 g/mol. The molecule has 0 aliphatic carbocycles. The van der Waals surface area contributed by atoms with Gasteiger partial charge in [0.2, 0.25) is 0 Å². The van der Waals surface area contributed by atoms with Crippen molar-refractivity contribution >= 4 is 17.7 Å². The molecule has 0 saturated carbocycles. The molecular weight excluding hydrogens is 300 g/mol. The Balaban J connectivity index is 1.59. The van der Waals surface area contributed by atoms with Crippen LogP contribution < -0.4 is 5.56 Å². The van der Waals surface area contributed by atoms with Gasteiger partial charge in [0.15, 0.2) is 0 Å². The second-order valence-corrected chi connectivity index (χ2v) is 7.08. The molecule has 2 fully saturated rings. The molecule has 7 heteroatoms. The zero-order valence-electron chi connectivity index (χ0n) is 12.9. The molecule has 0 radical (unpaired) electrons. The summed E-state index contributed by atoms with van der Waals surface area (Å²) >= 11 is 2.03. The van der Waals surface area contributed by atoms with Gasteiger partial charge in [0.1, 0.15) is 5.69 Å². The molecule has 0 atom stereocenters. The van der Waals surface area contributed by atoms with Crippen molar-refractivity contribution in [3.05, 3.63) is 28.2 Å². The Morgan fingerprint density at radius 1 is 1.18 bits per heavy atom. The van der Waals surface area contributed by atoms with E-state index >= 15 is 0 Å². The molecule has 2 aliphatic rings. The molecule has 0 bridgehead atoms. The lowest BCUT2D eigenvalue weighted by Gasteiger charge is -2.39. The summed E-state index contributed by atoms with van der Waals surface area (Å²) in [6, 6.07) is 3.54. The third-order valence-corrected chi connectivity index (χ3v) is 5.44. The fourth-order valence-electron chi connectivity index (χ4n) is 3.16. The van der Waals surface area contributed by atoms with E-state index < -0.39 is 0 Å². The van der Waals surface area contributed by atoms with Crippen LogP contribution in [0.1, 0.15) is 23.3 Å². The predicted octanol–water partition coefficient (Wildman–Crippen LogP) is 0.434. The first kappa shape index (κ1) is 15.6. The van der Waals surface area contributed by atoms with Crippen LogP contribution in [0.3, 0.4) is 0 Å². The van der Waals surface area contributed by atoms with Crippen molar-refractivity contribution in [3.63, 3.8) is 0 Å². The molecule has 3 rings (SSSR count). The lowest BCUT2D eigenvalue weighted by atomic mass is 10.0. The van der Waals surface area contributed by atoms with Crippen LogP contribution in [0, 0.1) is 0 Å². The molecule has 6 nitrogen and oxygen atoms in total. The molecule has 0 spiro atoms. The molecule has 1 aromatic heterocycles. The quantitative estimate of drug-likeness (QED) is 0.790. The van der Waals surface area contributed by atoms with E-state index in [4.69, 9.17) is 0 Å². The largest absolute Gasteiger partial charge is 0.337 e. The Kier molecular flexibility index (Phi) is 4.83. The summed E-state index contributed by atoms with van der Waals surface area (Å²) in [6.07, 6.45) is 2.06. The van der Waals surface area contributed by atoms with Gasteiger partial charge in [-0.05, 0) is 18.9 Å². The summed E-state index contributed by atoms with van der Waals surface area (Å²) in [5.74, 6) is 2.38. The molecule has 0 aromatic carbocycles. The van der Waals surface area contributed by atoms with Gasteiger partial charge in [0.05, 0.1) is 0 Å². The van der Waals surface area contributed by atoms with Crippen LogP contribution in [-0.4, -0.2) is 69.2 Å². The highest BCUT2D eigenvalue weighted by Gasteiger charge is 2.28. The van der Waals surface area contributed by atoms with Gasteiger partial charge in [-0.3, -0.25) is 14.5 Å². The zero-order chi connectivity index (χ0) is 15.5. The van der Waals surface area contributed by atoms with Crippen LogP contribution >= 0.6 is 11.8 Å². The van der Waals surface area contributed by atoms with Crippen LogP contribution in [0.25, 0.3) is 0 Å². The van der Waals surface area contributed by atoms with E-state index in [0.717, 1.165) is 25.9 Å². The first-order chi connectivity index (χ1) is 10.6. The number of piperidine rings is 1. The number of nitrogens with zero attached hydrogens (tertiary/aromatic N) is 4. The van der Waals surface area contributed by atoms with Crippen molar-refractivity contribution in [2.24, 2.45) is 7.05 Å². The smallest absolute Gasteiger partial charge is 0.274 e. The standard InChI is InChI=1S/C15H22N4O2S/c1-17-14(20)3-2-13(16-17)15(21)19-6-4-12(5-7-19)18-8-10-22-11-9-18/h2-3,12H,4-11H2,1H3. The third-order valence-electron chi connectivity index (χ3n) is 4.49. The monoisotopic (exact) mass is 322 g/mol. The summed E-state index contributed by atoms with van der Waals surface area (Å²) in [5.41, 5.74) is 0.160. The fraction of sp³-hybridized carbons (Fsp3) is 0.667. The van der Waals surface area contributed by atoms with Crippen molar-refractivity contribution in [2.75, 3.05) is 37.7 Å². The van der Waals surface area contributed by atoms with E-state index in [1.54, 1.807) is 7.05 Å². The van der Waals surface area contributed by atoms with E-state index in [0.29, 0.717) is 11.7 Å². The maximum atomic E-state index is 12.5. The second-order valence-electron chi connectivity index (χ2n) is 5.85. The lowest BCUT2D eigenvalue weighted by Crippen LogP contribution is -2.49. The van der Waals surface area contributed by atoms with Crippen molar-refractivity contribution < 1.29 is 4.79 Å². The SMILES string of the molecule is Cn1nc(C(=O)N2CCC(N3CCSCC3)CC2)ccc1=O. The first-order valence-corrected chi connectivity index (χ1v) is 8.96. The number of aryl methyl sites for hydroxylation is 1. The maximum Gasteiger partial charge on any atom is 0.274 e. The highest BCUT2D eigenvalue weighted by molar-refractivity contribution is 7.99. The van der Waals surface area contributed by atoms with Gasteiger partial charge < -0.3 is 4.90 Å². The van der Waals surface area contributed by atoms with Gasteiger partial charge >= 0.3 is 0 Å². The van der Waals surface area contributed by atoms with Gasteiger partial charge in [0.25, 0.3) is 11.5 Å². The topological polar surface area (TPSA) is 58.4 Å². The first-order valence-electron chi connectivity index (χ1n) is 7.80. The predicted molar refractivity (Wildman–Crippen MR) is 87.3 cm³/mol. The van der Waals surface area contributed by atoms with Crippen LogP contribution in [0.15, 0.2) is 16.9 Å². The van der Waals surface area contributed by atoms with Crippen LogP contribution in [0.2, 0.25) is 0 Å². The number of rotatable bonds is 2. The number of carbonyl (C=O) groups is 1. The number of hydrogen-bond acceptors (Lipinski definition) is 5. The van der Waals surface area contributed by atoms with Gasteiger partial charge in [-0.15, -0.1) is 0 Å². The van der Waals surface area contributed by atoms with Gasteiger partial charge in [0, 0.05) is 56.8 Å². The van der Waals surface area contributed by atoms with Crippen LogP contribution in [0.5, 0.6) is 0 Å². The Labute approximate surface area is 134 Å². The number of hydrogen-bond donors (Lipinski definition) is 0. The summed E-state index contributed by atoms with van der Waals surface area (Å²) in [4.78, 5) is 28.3. The highest BCUT2D eigenvalue weighted by Crippen LogP contribution is 2.21. The molecule has 1 amide bonds. The normalized spacial score (nSPS) is 21.0. The number of amides is 1. The van der Waals surface area contributed by atoms with Gasteiger partial charge in [-0.25, -0.2) is 4.68 Å². The minimum atomic E-state index is -0.196. The fourth-order valence-corrected chi connectivity index (χ4v) is 4.09. The molecule has 2 saturated heterocycles. The molecule has 2 aliphatic heterocycles. The molecule has 3 heterocycles. The molecule has 120 valence electrons. The Morgan fingerprint density at radius 2 is 1.86 bits per heavy atom. The molecular formula is C15H22N4O2S. The third kappa shape index (κ3) is 3.35. The number of carbonyl (C=O) groups excluding carboxylic acids is 1. The van der Waals surface area contributed by atoms with Gasteiger partial charge in [-0.1, -0.05) is 0 Å². The summed E-state index contributed by atoms with van der Waals surface area (Å²) in [5, 5.41) is 4.06. The van der Waals surface area contributed by atoms with E-state index in [9.17, 15) is 9.59 Å². The van der Waals surface area contributed by atoms with Crippen molar-refractivity contribution in [1.29, 1.82) is 0 Å². The Hall–Kier alpha value is -1.34. The van der Waals surface area contributed by atoms with Crippen molar-refractivity contribution in [1.82, 2.24) is 19.6 Å².